The number of benzene rings is 1. The minimum Gasteiger partial charge on any atom is -0.460 e. The second-order valence-electron chi connectivity index (χ2n) is 8.39. The lowest BCUT2D eigenvalue weighted by molar-refractivity contribution is -0.144. The van der Waals surface area contributed by atoms with E-state index < -0.39 is 47.6 Å². The number of halogens is 1. The van der Waals surface area contributed by atoms with E-state index in [4.69, 9.17) is 36.3 Å². The summed E-state index contributed by atoms with van der Waals surface area (Å²) in [6.45, 7) is 2.04. The van der Waals surface area contributed by atoms with Gasteiger partial charge in [0.15, 0.2) is 23.6 Å². The van der Waals surface area contributed by atoms with E-state index in [0.717, 1.165) is 6.08 Å². The van der Waals surface area contributed by atoms with Gasteiger partial charge in [0.05, 0.1) is 0 Å². The molecule has 15 heteroatoms. The largest absolute Gasteiger partial charge is 0.460 e. The van der Waals surface area contributed by atoms with Crippen LogP contribution in [0.5, 0.6) is 11.5 Å². The number of carbonyl (C=O) groups is 3. The molecule has 4 N–H and O–H groups in total. The maximum atomic E-state index is 12.3. The van der Waals surface area contributed by atoms with E-state index in [1.165, 1.54) is 49.4 Å². The summed E-state index contributed by atoms with van der Waals surface area (Å²) in [6, 6.07) is 4.34. The van der Waals surface area contributed by atoms with Gasteiger partial charge in [0, 0.05) is 19.9 Å². The van der Waals surface area contributed by atoms with E-state index in [1.807, 2.05) is 0 Å². The maximum Gasteiger partial charge on any atom is 0.330 e. The highest BCUT2D eigenvalue weighted by Crippen LogP contribution is 2.31. The minimum atomic E-state index is -1.60. The van der Waals surface area contributed by atoms with Gasteiger partial charge >= 0.3 is 17.9 Å². The van der Waals surface area contributed by atoms with Crippen LogP contribution in [-0.4, -0.2) is 93.8 Å². The van der Waals surface area contributed by atoms with E-state index in [1.54, 1.807) is 0 Å². The highest BCUT2D eigenvalue weighted by atomic mass is 35.5. The Morgan fingerprint density at radius 3 is 2.63 bits per heavy atom. The van der Waals surface area contributed by atoms with Gasteiger partial charge in [-0.05, 0) is 23.8 Å². The molecule has 1 aromatic carbocycles. The molecular formula is C23H24ClN5O9. The zero-order valence-electron chi connectivity index (χ0n) is 20.2. The van der Waals surface area contributed by atoms with E-state index in [0.29, 0.717) is 5.56 Å². The molecule has 202 valence electrons. The fourth-order valence-corrected chi connectivity index (χ4v) is 4.04. The number of fused-ring (bicyclic) bond motifs is 1. The third kappa shape index (κ3) is 5.89. The van der Waals surface area contributed by atoms with Crippen molar-refractivity contribution in [2.24, 2.45) is 20.7 Å². The highest BCUT2D eigenvalue weighted by molar-refractivity contribution is 6.56. The molecule has 0 amide bonds. The third-order valence-electron chi connectivity index (χ3n) is 5.54. The molecule has 1 saturated heterocycles. The van der Waals surface area contributed by atoms with Gasteiger partial charge in [0.1, 0.15) is 43.6 Å². The Bertz CT molecular complexity index is 1260. The van der Waals surface area contributed by atoms with Crippen LogP contribution in [0.25, 0.3) is 6.08 Å². The molecule has 14 nitrogen and oxygen atoms in total. The van der Waals surface area contributed by atoms with Crippen molar-refractivity contribution in [2.75, 3.05) is 13.3 Å². The summed E-state index contributed by atoms with van der Waals surface area (Å²) >= 11 is 6.14. The molecule has 0 saturated carbocycles. The lowest BCUT2D eigenvalue weighted by Gasteiger charge is -2.30. The van der Waals surface area contributed by atoms with Crippen molar-refractivity contribution in [2.45, 2.75) is 43.5 Å². The van der Waals surface area contributed by atoms with Crippen LogP contribution in [0.2, 0.25) is 0 Å². The Morgan fingerprint density at radius 2 is 1.92 bits per heavy atom. The van der Waals surface area contributed by atoms with Crippen molar-refractivity contribution < 1.29 is 43.5 Å². The fourth-order valence-electron chi connectivity index (χ4n) is 3.86. The number of amidine groups is 1. The molecule has 0 radical (unpaired) electrons. The number of hydrogen-bond donors (Lipinski definition) is 3. The SMILES string of the molecule is CC(=O)Oc1ccc(C=CC(=O)OC[C@H]2O[C@@H](N3CN=C4C3=NC=NC4(N)Cl)[C@H](O)[C@@H]2O)cc1OC(C)=O. The van der Waals surface area contributed by atoms with Crippen LogP contribution < -0.4 is 15.2 Å². The number of hydrogen-bond acceptors (Lipinski definition) is 14. The number of carbonyl (C=O) groups excluding carboxylic acids is 3. The van der Waals surface area contributed by atoms with Crippen LogP contribution in [0.4, 0.5) is 0 Å². The quantitative estimate of drug-likeness (QED) is 0.131. The standard InChI is InChI=1S/C23H24ClN5O9/c1-11(30)36-14-5-3-13(7-15(14)37-12(2)31)4-6-17(32)35-8-16-18(33)19(34)22(38-16)29-10-27-20-21(29)26-9-28-23(20,24)25/h3-7,9,16,18-19,22,33-34H,8,10,25H2,1-2H3/t16-,18-,19-,22-,23?/m1/s1. The van der Waals surface area contributed by atoms with Gasteiger partial charge in [-0.2, -0.15) is 0 Å². The van der Waals surface area contributed by atoms with Gasteiger partial charge in [0.25, 0.3) is 0 Å². The Morgan fingerprint density at radius 1 is 1.21 bits per heavy atom. The van der Waals surface area contributed by atoms with Gasteiger partial charge in [-0.15, -0.1) is 0 Å². The van der Waals surface area contributed by atoms with Gasteiger partial charge in [-0.3, -0.25) is 20.3 Å². The first-order chi connectivity index (χ1) is 18.0. The number of rotatable bonds is 7. The molecule has 1 aromatic rings. The number of aliphatic hydroxyl groups is 2. The summed E-state index contributed by atoms with van der Waals surface area (Å²) in [5, 5.41) is 19.4. The van der Waals surface area contributed by atoms with Crippen LogP contribution in [0, 0.1) is 0 Å². The van der Waals surface area contributed by atoms with Gasteiger partial charge < -0.3 is 34.1 Å². The highest BCUT2D eigenvalue weighted by Gasteiger charge is 2.50. The molecule has 0 aliphatic carbocycles. The second kappa shape index (κ2) is 11.0. The molecule has 0 bridgehead atoms. The summed E-state index contributed by atoms with van der Waals surface area (Å²) in [5.74, 6) is -1.71. The number of aliphatic hydroxyl groups excluding tert-OH is 2. The molecule has 3 aliphatic heterocycles. The molecule has 38 heavy (non-hydrogen) atoms. The Hall–Kier alpha value is -3.69. The average molecular weight is 550 g/mol. The van der Waals surface area contributed by atoms with Gasteiger partial charge in [-0.1, -0.05) is 17.7 Å². The summed E-state index contributed by atoms with van der Waals surface area (Å²) in [7, 11) is 0. The van der Waals surface area contributed by atoms with E-state index in [2.05, 4.69) is 15.0 Å². The second-order valence-corrected chi connectivity index (χ2v) is 8.97. The third-order valence-corrected chi connectivity index (χ3v) is 5.82. The van der Waals surface area contributed by atoms with Crippen molar-refractivity contribution in [3.63, 3.8) is 0 Å². The van der Waals surface area contributed by atoms with Gasteiger partial charge in [-0.25, -0.2) is 14.8 Å². The lowest BCUT2D eigenvalue weighted by Crippen LogP contribution is -2.52. The smallest absolute Gasteiger partial charge is 0.330 e. The van der Waals surface area contributed by atoms with Gasteiger partial charge in [0.2, 0.25) is 5.12 Å². The monoisotopic (exact) mass is 549 g/mol. The summed E-state index contributed by atoms with van der Waals surface area (Å²) in [5.41, 5.74) is 6.53. The number of alkyl halides is 1. The minimum absolute atomic E-state index is 0.00494. The maximum absolute atomic E-state index is 12.3. The van der Waals surface area contributed by atoms with Crippen LogP contribution in [0.3, 0.4) is 0 Å². The van der Waals surface area contributed by atoms with Crippen molar-refractivity contribution in [1.82, 2.24) is 4.90 Å². The molecule has 3 heterocycles. The summed E-state index contributed by atoms with van der Waals surface area (Å²) in [6.07, 6.45) is -1.20. The van der Waals surface area contributed by atoms with Crippen molar-refractivity contribution >= 4 is 53.5 Å². The Balaban J connectivity index is 1.35. The molecule has 1 fully saturated rings. The van der Waals surface area contributed by atoms with Crippen molar-refractivity contribution in [3.8, 4) is 11.5 Å². The number of nitrogens with two attached hydrogens (primary N) is 1. The van der Waals surface area contributed by atoms with Crippen LogP contribution >= 0.6 is 11.6 Å². The fraction of sp³-hybridized carbons (Fsp3) is 0.391. The first-order valence-corrected chi connectivity index (χ1v) is 11.6. The van der Waals surface area contributed by atoms with E-state index in [9.17, 15) is 24.6 Å². The zero-order valence-corrected chi connectivity index (χ0v) is 20.9. The summed E-state index contributed by atoms with van der Waals surface area (Å²) in [4.78, 5) is 48.5. The molecule has 3 aliphatic rings. The predicted molar refractivity (Wildman–Crippen MR) is 133 cm³/mol. The molecular weight excluding hydrogens is 526 g/mol. The normalized spacial score (nSPS) is 28.1. The zero-order chi connectivity index (χ0) is 27.6. The van der Waals surface area contributed by atoms with Crippen molar-refractivity contribution in [3.05, 3.63) is 29.8 Å². The first-order valence-electron chi connectivity index (χ1n) is 11.2. The Kier molecular flexibility index (Phi) is 7.89. The van der Waals surface area contributed by atoms with Crippen LogP contribution in [0.15, 0.2) is 39.3 Å². The molecule has 5 atom stereocenters. The number of nitrogens with zero attached hydrogens (tertiary/aromatic N) is 4. The first kappa shape index (κ1) is 27.3. The van der Waals surface area contributed by atoms with Crippen LogP contribution in [0.1, 0.15) is 19.4 Å². The predicted octanol–water partition coefficient (Wildman–Crippen LogP) is -0.454. The lowest BCUT2D eigenvalue weighted by atomic mass is 10.1. The molecule has 0 spiro atoms. The number of aliphatic imine (C=N–C) groups is 3. The Labute approximate surface area is 221 Å². The number of esters is 3. The molecule has 4 rings (SSSR count). The molecule has 1 unspecified atom stereocenters. The average Bonchev–Trinajstić information content (AvgIpc) is 3.39. The molecule has 0 aromatic heterocycles. The van der Waals surface area contributed by atoms with Crippen molar-refractivity contribution in [1.29, 1.82) is 0 Å². The summed E-state index contributed by atoms with van der Waals surface area (Å²) < 4.78 is 21.0. The number of ether oxygens (including phenoxy) is 4. The van der Waals surface area contributed by atoms with E-state index in [-0.39, 0.29) is 36.3 Å². The van der Waals surface area contributed by atoms with Crippen LogP contribution in [-0.2, 0) is 23.9 Å². The van der Waals surface area contributed by atoms with E-state index >= 15 is 0 Å². The topological polar surface area (TPSA) is 195 Å².